The fraction of sp³-hybridized carbons (Fsp3) is 0.200. The lowest BCUT2D eigenvalue weighted by Crippen LogP contribution is -2.31. The predicted molar refractivity (Wildman–Crippen MR) is 90.4 cm³/mol. The average molecular weight is 339 g/mol. The maximum Gasteiger partial charge on any atom is 0.194 e. The molecule has 3 aromatic heterocycles. The monoisotopic (exact) mass is 339 g/mol. The van der Waals surface area contributed by atoms with Crippen molar-refractivity contribution in [1.82, 2.24) is 25.1 Å². The van der Waals surface area contributed by atoms with Gasteiger partial charge >= 0.3 is 0 Å². The third-order valence-corrected chi connectivity index (χ3v) is 4.79. The number of anilines is 1. The lowest BCUT2D eigenvalue weighted by Gasteiger charge is -2.24. The maximum absolute atomic E-state index is 9.20. The SMILES string of the molecule is CN1CC/C(=N\O)c2nc(-c3cnc(-c4cccnc4)s3)nnc21. The molecule has 0 aliphatic carbocycles. The molecule has 0 bridgehead atoms. The van der Waals surface area contributed by atoms with E-state index in [9.17, 15) is 5.21 Å². The standard InChI is InChI=1S/C15H13N7OS/c1-22-6-4-10(21-23)12-14(22)20-19-13(18-12)11-8-17-15(24-11)9-3-2-5-16-7-9/h2-3,5,7-8,23H,4,6H2,1H3/b21-10+. The Bertz CT molecular complexity index is 909. The van der Waals surface area contributed by atoms with E-state index >= 15 is 0 Å². The second kappa shape index (κ2) is 5.93. The minimum Gasteiger partial charge on any atom is -0.411 e. The van der Waals surface area contributed by atoms with Gasteiger partial charge in [-0.3, -0.25) is 4.98 Å². The fourth-order valence-electron chi connectivity index (χ4n) is 2.47. The molecule has 4 rings (SSSR count). The lowest BCUT2D eigenvalue weighted by atomic mass is 10.1. The number of hydrogen-bond donors (Lipinski definition) is 1. The first-order valence-electron chi connectivity index (χ1n) is 7.30. The molecule has 0 amide bonds. The molecule has 0 fully saturated rings. The highest BCUT2D eigenvalue weighted by Crippen LogP contribution is 2.31. The van der Waals surface area contributed by atoms with Gasteiger partial charge in [0.05, 0.1) is 4.88 Å². The van der Waals surface area contributed by atoms with E-state index in [0.29, 0.717) is 36.0 Å². The number of nitrogens with zero attached hydrogens (tertiary/aromatic N) is 7. The van der Waals surface area contributed by atoms with Crippen molar-refractivity contribution in [2.24, 2.45) is 5.16 Å². The van der Waals surface area contributed by atoms with Crippen LogP contribution in [0.5, 0.6) is 0 Å². The smallest absolute Gasteiger partial charge is 0.194 e. The van der Waals surface area contributed by atoms with E-state index in [1.54, 1.807) is 18.6 Å². The van der Waals surface area contributed by atoms with Crippen LogP contribution in [0.4, 0.5) is 5.82 Å². The molecule has 0 saturated carbocycles. The first-order chi connectivity index (χ1) is 11.8. The largest absolute Gasteiger partial charge is 0.411 e. The summed E-state index contributed by atoms with van der Waals surface area (Å²) in [6, 6.07) is 3.82. The van der Waals surface area contributed by atoms with Crippen LogP contribution in [-0.4, -0.2) is 49.7 Å². The molecule has 1 aliphatic heterocycles. The van der Waals surface area contributed by atoms with Gasteiger partial charge in [0.2, 0.25) is 0 Å². The van der Waals surface area contributed by atoms with Crippen LogP contribution in [-0.2, 0) is 0 Å². The number of rotatable bonds is 2. The van der Waals surface area contributed by atoms with Crippen molar-refractivity contribution in [3.8, 4) is 21.3 Å². The Balaban J connectivity index is 1.75. The Kier molecular flexibility index (Phi) is 3.62. The second-order valence-corrected chi connectivity index (χ2v) is 6.33. The summed E-state index contributed by atoms with van der Waals surface area (Å²) in [7, 11) is 1.91. The molecular formula is C15H13N7OS. The van der Waals surface area contributed by atoms with Crippen LogP contribution in [0, 0.1) is 0 Å². The van der Waals surface area contributed by atoms with Gasteiger partial charge in [-0.1, -0.05) is 5.16 Å². The minimum absolute atomic E-state index is 0.470. The molecule has 1 N–H and O–H groups in total. The normalized spacial score (nSPS) is 15.5. The van der Waals surface area contributed by atoms with Crippen molar-refractivity contribution >= 4 is 22.9 Å². The van der Waals surface area contributed by atoms with E-state index in [1.807, 2.05) is 24.1 Å². The molecule has 3 aromatic rings. The fourth-order valence-corrected chi connectivity index (χ4v) is 3.31. The van der Waals surface area contributed by atoms with Gasteiger partial charge in [-0.15, -0.1) is 21.5 Å². The van der Waals surface area contributed by atoms with Crippen LogP contribution < -0.4 is 4.90 Å². The number of thiazole rings is 1. The molecule has 120 valence electrons. The van der Waals surface area contributed by atoms with Crippen LogP contribution in [0.25, 0.3) is 21.3 Å². The minimum atomic E-state index is 0.470. The number of hydrogen-bond acceptors (Lipinski definition) is 9. The van der Waals surface area contributed by atoms with E-state index in [2.05, 4.69) is 30.3 Å². The van der Waals surface area contributed by atoms with Gasteiger partial charge in [0.15, 0.2) is 11.6 Å². The summed E-state index contributed by atoms with van der Waals surface area (Å²) >= 11 is 1.47. The number of fused-ring (bicyclic) bond motifs is 1. The van der Waals surface area contributed by atoms with Gasteiger partial charge in [-0.2, -0.15) is 0 Å². The van der Waals surface area contributed by atoms with Crippen LogP contribution in [0.15, 0.2) is 35.9 Å². The molecular weight excluding hydrogens is 326 g/mol. The summed E-state index contributed by atoms with van der Waals surface area (Å²) in [5, 5.41) is 21.8. The molecule has 0 aromatic carbocycles. The van der Waals surface area contributed by atoms with Crippen molar-refractivity contribution in [1.29, 1.82) is 0 Å². The van der Waals surface area contributed by atoms with Crippen LogP contribution >= 0.6 is 11.3 Å². The van der Waals surface area contributed by atoms with Gasteiger partial charge in [0.25, 0.3) is 0 Å². The molecule has 8 nitrogen and oxygen atoms in total. The molecule has 4 heterocycles. The van der Waals surface area contributed by atoms with Crippen molar-refractivity contribution < 1.29 is 5.21 Å². The van der Waals surface area contributed by atoms with Crippen molar-refractivity contribution in [2.45, 2.75) is 6.42 Å². The van der Waals surface area contributed by atoms with E-state index in [1.165, 1.54) is 11.3 Å². The Labute approximate surface area is 141 Å². The zero-order chi connectivity index (χ0) is 16.5. The number of aromatic nitrogens is 5. The van der Waals surface area contributed by atoms with Gasteiger partial charge in [-0.25, -0.2) is 9.97 Å². The van der Waals surface area contributed by atoms with Gasteiger partial charge < -0.3 is 10.1 Å². The molecule has 0 saturated heterocycles. The summed E-state index contributed by atoms with van der Waals surface area (Å²) in [4.78, 5) is 15.8. The first kappa shape index (κ1) is 14.6. The third-order valence-electron chi connectivity index (χ3n) is 3.74. The molecule has 0 radical (unpaired) electrons. The van der Waals surface area contributed by atoms with Gasteiger partial charge in [-0.05, 0) is 12.1 Å². The summed E-state index contributed by atoms with van der Waals surface area (Å²) in [5.74, 6) is 1.09. The summed E-state index contributed by atoms with van der Waals surface area (Å²) in [6.07, 6.45) is 5.82. The Morgan fingerprint density at radius 3 is 3.00 bits per heavy atom. The van der Waals surface area contributed by atoms with Crippen molar-refractivity contribution in [3.05, 3.63) is 36.4 Å². The molecule has 0 spiro atoms. The predicted octanol–water partition coefficient (Wildman–Crippen LogP) is 2.08. The molecule has 0 atom stereocenters. The molecule has 1 aliphatic rings. The van der Waals surface area contributed by atoms with Gasteiger partial charge in [0, 0.05) is 44.2 Å². The zero-order valence-corrected chi connectivity index (χ0v) is 13.6. The third kappa shape index (κ3) is 2.48. The Morgan fingerprint density at radius 2 is 2.21 bits per heavy atom. The number of oxime groups is 1. The molecule has 9 heteroatoms. The van der Waals surface area contributed by atoms with Crippen LogP contribution in [0.2, 0.25) is 0 Å². The summed E-state index contributed by atoms with van der Waals surface area (Å²) in [5.41, 5.74) is 2.03. The van der Waals surface area contributed by atoms with E-state index in [-0.39, 0.29) is 0 Å². The van der Waals surface area contributed by atoms with E-state index < -0.39 is 0 Å². The lowest BCUT2D eigenvalue weighted by molar-refractivity contribution is 0.317. The second-order valence-electron chi connectivity index (χ2n) is 5.30. The van der Waals surface area contributed by atoms with Crippen LogP contribution in [0.1, 0.15) is 12.1 Å². The van der Waals surface area contributed by atoms with E-state index in [0.717, 1.165) is 15.4 Å². The topological polar surface area (TPSA) is 100 Å². The first-order valence-corrected chi connectivity index (χ1v) is 8.11. The highest BCUT2D eigenvalue weighted by Gasteiger charge is 2.25. The maximum atomic E-state index is 9.20. The Hall–Kier alpha value is -2.94. The van der Waals surface area contributed by atoms with Crippen molar-refractivity contribution in [2.75, 3.05) is 18.5 Å². The summed E-state index contributed by atoms with van der Waals surface area (Å²) < 4.78 is 0. The van der Waals surface area contributed by atoms with Crippen molar-refractivity contribution in [3.63, 3.8) is 0 Å². The zero-order valence-electron chi connectivity index (χ0n) is 12.8. The summed E-state index contributed by atoms with van der Waals surface area (Å²) in [6.45, 7) is 0.716. The average Bonchev–Trinajstić information content (AvgIpc) is 3.13. The quantitative estimate of drug-likeness (QED) is 0.563. The molecule has 24 heavy (non-hydrogen) atoms. The van der Waals surface area contributed by atoms with E-state index in [4.69, 9.17) is 0 Å². The number of pyridine rings is 1. The molecule has 0 unspecified atom stereocenters. The highest BCUT2D eigenvalue weighted by atomic mass is 32.1. The van der Waals surface area contributed by atoms with Gasteiger partial charge in [0.1, 0.15) is 16.4 Å². The highest BCUT2D eigenvalue weighted by molar-refractivity contribution is 7.18. The Morgan fingerprint density at radius 1 is 1.29 bits per heavy atom. The van der Waals surface area contributed by atoms with Crippen LogP contribution in [0.3, 0.4) is 0 Å².